The van der Waals surface area contributed by atoms with Gasteiger partial charge in [0.15, 0.2) is 0 Å². The van der Waals surface area contributed by atoms with Crippen LogP contribution in [-0.4, -0.2) is 16.5 Å². The number of fused-ring (bicyclic) bond motifs is 2. The summed E-state index contributed by atoms with van der Waals surface area (Å²) >= 11 is 0. The highest BCUT2D eigenvalue weighted by Gasteiger charge is 2.60. The van der Waals surface area contributed by atoms with Crippen LogP contribution in [0.25, 0.3) is 0 Å². The van der Waals surface area contributed by atoms with Gasteiger partial charge in [-0.15, -0.1) is 0 Å². The van der Waals surface area contributed by atoms with E-state index < -0.39 is 10.8 Å². The Balaban J connectivity index is 1.82. The number of rotatable bonds is 3. The Hall–Kier alpha value is -2.24. The van der Waals surface area contributed by atoms with E-state index in [4.69, 9.17) is 0 Å². The van der Waals surface area contributed by atoms with Gasteiger partial charge in [0.05, 0.1) is 4.92 Å². The maximum Gasteiger partial charge on any atom is 0.282 e. The van der Waals surface area contributed by atoms with Crippen LogP contribution in [0, 0.1) is 26.9 Å². The monoisotopic (exact) mass is 315 g/mol. The van der Waals surface area contributed by atoms with Crippen LogP contribution in [0.3, 0.4) is 0 Å². The molecule has 1 aromatic carbocycles. The number of carbonyl (C=O) groups is 1. The van der Waals surface area contributed by atoms with Crippen molar-refractivity contribution in [2.45, 2.75) is 40.0 Å². The van der Waals surface area contributed by atoms with Crippen molar-refractivity contribution in [1.82, 2.24) is 5.43 Å². The number of para-hydroxylation sites is 1. The largest absolute Gasteiger partial charge is 0.282 e. The molecule has 2 saturated carbocycles. The molecule has 3 rings (SSSR count). The number of amides is 1. The van der Waals surface area contributed by atoms with Gasteiger partial charge in [-0.3, -0.25) is 14.9 Å². The Kier molecular flexibility index (Phi) is 3.50. The lowest BCUT2D eigenvalue weighted by atomic mass is 9.70. The number of carbonyl (C=O) groups excluding carboxylic acids is 1. The molecular weight excluding hydrogens is 294 g/mol. The van der Waals surface area contributed by atoms with Crippen LogP contribution >= 0.6 is 0 Å². The Morgan fingerprint density at radius 3 is 2.61 bits per heavy atom. The second-order valence-corrected chi connectivity index (χ2v) is 7.27. The van der Waals surface area contributed by atoms with Crippen LogP contribution in [0.5, 0.6) is 0 Å². The summed E-state index contributed by atoms with van der Waals surface area (Å²) in [5.74, 6) is 0.0585. The van der Waals surface area contributed by atoms with E-state index >= 15 is 0 Å². The quantitative estimate of drug-likeness (QED) is 0.684. The molecular formula is C17H21N3O3. The van der Waals surface area contributed by atoms with E-state index in [1.807, 2.05) is 0 Å². The minimum atomic E-state index is -0.552. The van der Waals surface area contributed by atoms with Crippen LogP contribution in [0.15, 0.2) is 29.4 Å². The third kappa shape index (κ3) is 2.24. The summed E-state index contributed by atoms with van der Waals surface area (Å²) in [6.07, 6.45) is 3.16. The highest BCUT2D eigenvalue weighted by molar-refractivity contribution is 6.00. The maximum absolute atomic E-state index is 12.3. The topological polar surface area (TPSA) is 84.6 Å². The summed E-state index contributed by atoms with van der Waals surface area (Å²) in [4.78, 5) is 22.7. The van der Waals surface area contributed by atoms with Gasteiger partial charge in [-0.25, -0.2) is 5.43 Å². The number of nitrogens with zero attached hydrogens (tertiary/aromatic N) is 2. The number of hydrazone groups is 1. The van der Waals surface area contributed by atoms with Gasteiger partial charge in [0.25, 0.3) is 11.6 Å². The molecule has 0 heterocycles. The molecule has 1 amide bonds. The average molecular weight is 315 g/mol. The van der Waals surface area contributed by atoms with Gasteiger partial charge in [-0.2, -0.15) is 5.10 Å². The molecule has 2 aliphatic carbocycles. The number of hydrogen-bond donors (Lipinski definition) is 1. The Morgan fingerprint density at radius 2 is 2.04 bits per heavy atom. The Morgan fingerprint density at radius 1 is 1.35 bits per heavy atom. The van der Waals surface area contributed by atoms with Gasteiger partial charge >= 0.3 is 0 Å². The fraction of sp³-hybridized carbons (Fsp3) is 0.529. The molecule has 2 fully saturated rings. The van der Waals surface area contributed by atoms with Gasteiger partial charge in [0, 0.05) is 17.2 Å². The van der Waals surface area contributed by atoms with Gasteiger partial charge in [-0.1, -0.05) is 32.9 Å². The van der Waals surface area contributed by atoms with Crippen LogP contribution < -0.4 is 5.43 Å². The third-order valence-electron chi connectivity index (χ3n) is 6.15. The molecule has 122 valence electrons. The average Bonchev–Trinajstić information content (AvgIpc) is 2.85. The first-order chi connectivity index (χ1) is 10.8. The summed E-state index contributed by atoms with van der Waals surface area (Å²) in [5, 5.41) is 15.4. The first-order valence-electron chi connectivity index (χ1n) is 7.88. The zero-order chi connectivity index (χ0) is 16.8. The maximum atomic E-state index is 12.3. The highest BCUT2D eigenvalue weighted by Crippen LogP contribution is 2.63. The zero-order valence-electron chi connectivity index (χ0n) is 13.6. The van der Waals surface area contributed by atoms with E-state index in [0.29, 0.717) is 5.92 Å². The lowest BCUT2D eigenvalue weighted by Gasteiger charge is -2.34. The number of nitro benzene ring substituents is 1. The van der Waals surface area contributed by atoms with Crippen molar-refractivity contribution >= 4 is 17.3 Å². The first-order valence-corrected chi connectivity index (χ1v) is 7.88. The Labute approximate surface area is 135 Å². The molecule has 0 saturated heterocycles. The van der Waals surface area contributed by atoms with Crippen molar-refractivity contribution in [2.75, 3.05) is 0 Å². The van der Waals surface area contributed by atoms with Crippen molar-refractivity contribution in [1.29, 1.82) is 0 Å². The van der Waals surface area contributed by atoms with Gasteiger partial charge in [0.2, 0.25) is 0 Å². The fourth-order valence-corrected chi connectivity index (χ4v) is 4.10. The number of nitrogens with one attached hydrogen (secondary N) is 1. The van der Waals surface area contributed by atoms with Gasteiger partial charge in [0.1, 0.15) is 5.56 Å². The zero-order valence-corrected chi connectivity index (χ0v) is 13.6. The van der Waals surface area contributed by atoms with Crippen molar-refractivity contribution < 1.29 is 9.72 Å². The van der Waals surface area contributed by atoms with Crippen molar-refractivity contribution in [2.24, 2.45) is 21.8 Å². The van der Waals surface area contributed by atoms with Crippen LogP contribution in [0.1, 0.15) is 50.4 Å². The summed E-state index contributed by atoms with van der Waals surface area (Å²) in [6, 6.07) is 5.92. The molecule has 1 N–H and O–H groups in total. The number of nitro groups is 1. The second kappa shape index (κ2) is 5.15. The van der Waals surface area contributed by atoms with Crippen molar-refractivity contribution in [3.63, 3.8) is 0 Å². The fourth-order valence-electron chi connectivity index (χ4n) is 4.10. The lowest BCUT2D eigenvalue weighted by Crippen LogP contribution is -2.34. The molecule has 0 aliphatic heterocycles. The van der Waals surface area contributed by atoms with Crippen molar-refractivity contribution in [3.8, 4) is 0 Å². The smallest absolute Gasteiger partial charge is 0.267 e. The minimum Gasteiger partial charge on any atom is -0.267 e. The minimum absolute atomic E-state index is 0.00638. The predicted molar refractivity (Wildman–Crippen MR) is 87.2 cm³/mol. The molecule has 6 nitrogen and oxygen atoms in total. The number of benzene rings is 1. The van der Waals surface area contributed by atoms with E-state index in [-0.39, 0.29) is 22.1 Å². The van der Waals surface area contributed by atoms with Crippen molar-refractivity contribution in [3.05, 3.63) is 39.9 Å². The molecule has 0 spiro atoms. The molecule has 6 heteroatoms. The van der Waals surface area contributed by atoms with E-state index in [1.54, 1.807) is 12.1 Å². The van der Waals surface area contributed by atoms with Gasteiger partial charge in [-0.05, 0) is 36.7 Å². The molecule has 23 heavy (non-hydrogen) atoms. The summed E-state index contributed by atoms with van der Waals surface area (Å²) in [6.45, 7) is 6.73. The van der Waals surface area contributed by atoms with Crippen LogP contribution in [0.4, 0.5) is 5.69 Å². The highest BCUT2D eigenvalue weighted by atomic mass is 16.6. The third-order valence-corrected chi connectivity index (χ3v) is 6.15. The van der Waals surface area contributed by atoms with E-state index in [2.05, 4.69) is 31.3 Å². The lowest BCUT2D eigenvalue weighted by molar-refractivity contribution is -0.385. The predicted octanol–water partition coefficient (Wildman–Crippen LogP) is 3.53. The molecule has 0 radical (unpaired) electrons. The first kappa shape index (κ1) is 15.6. The second-order valence-electron chi connectivity index (χ2n) is 7.27. The number of hydrogen-bond acceptors (Lipinski definition) is 4. The summed E-state index contributed by atoms with van der Waals surface area (Å²) in [5.41, 5.74) is 3.54. The van der Waals surface area contributed by atoms with E-state index in [1.165, 1.54) is 18.6 Å². The van der Waals surface area contributed by atoms with Gasteiger partial charge < -0.3 is 0 Å². The molecule has 0 aromatic heterocycles. The standard InChI is InChI=1S/C17H21N3O3/c1-16(2)11-8-9-17(16,3)14(10-11)18-19-15(21)12-6-4-5-7-13(12)20(22)23/h4-7,11H,8-10H2,1-3H3,(H,19,21)/b18-14+/t11-,17+/m1/s1. The molecule has 1 aromatic rings. The van der Waals surface area contributed by atoms with E-state index in [9.17, 15) is 14.9 Å². The summed E-state index contributed by atoms with van der Waals surface area (Å²) in [7, 11) is 0. The SMILES string of the molecule is CC1(C)[C@@H]2CC[C@@]1(C)/C(=N/NC(=O)c1ccccc1[N+](=O)[O-])C2. The van der Waals surface area contributed by atoms with Crippen LogP contribution in [0.2, 0.25) is 0 Å². The van der Waals surface area contributed by atoms with E-state index in [0.717, 1.165) is 18.6 Å². The Bertz CT molecular complexity index is 711. The molecule has 2 atom stereocenters. The summed E-state index contributed by atoms with van der Waals surface area (Å²) < 4.78 is 0. The van der Waals surface area contributed by atoms with Crippen LogP contribution in [-0.2, 0) is 0 Å². The normalized spacial score (nSPS) is 29.7. The molecule has 2 bridgehead atoms. The molecule has 0 unspecified atom stereocenters. The molecule has 2 aliphatic rings.